The maximum Gasteiger partial charge on any atom is 0.240 e. The first kappa shape index (κ1) is 15.9. The molecule has 120 valence electrons. The van der Waals surface area contributed by atoms with Crippen molar-refractivity contribution in [3.8, 4) is 0 Å². The van der Waals surface area contributed by atoms with Gasteiger partial charge in [-0.3, -0.25) is 0 Å². The fourth-order valence-electron chi connectivity index (χ4n) is 2.17. The Morgan fingerprint density at radius 1 is 1.13 bits per heavy atom. The van der Waals surface area contributed by atoms with E-state index in [1.54, 1.807) is 41.7 Å². The zero-order valence-electron chi connectivity index (χ0n) is 12.5. The summed E-state index contributed by atoms with van der Waals surface area (Å²) in [4.78, 5) is 10.8. The summed E-state index contributed by atoms with van der Waals surface area (Å²) >= 11 is 1.60. The Hall–Kier alpha value is -2.03. The van der Waals surface area contributed by atoms with Crippen molar-refractivity contribution in [2.75, 3.05) is 18.4 Å². The van der Waals surface area contributed by atoms with E-state index in [1.807, 2.05) is 13.0 Å². The largest absolute Gasteiger partial charge is 0.368 e. The number of fused-ring (bicyclic) bond motifs is 1. The molecule has 0 spiro atoms. The van der Waals surface area contributed by atoms with Gasteiger partial charge in [0.25, 0.3) is 0 Å². The molecule has 3 rings (SSSR count). The van der Waals surface area contributed by atoms with Crippen LogP contribution < -0.4 is 10.0 Å². The lowest BCUT2D eigenvalue weighted by molar-refractivity contribution is 0.583. The Morgan fingerprint density at radius 3 is 2.70 bits per heavy atom. The van der Waals surface area contributed by atoms with E-state index in [-0.39, 0.29) is 11.4 Å². The summed E-state index contributed by atoms with van der Waals surface area (Å²) in [6.07, 6.45) is 1.51. The number of benzene rings is 1. The zero-order valence-corrected chi connectivity index (χ0v) is 14.1. The maximum atomic E-state index is 12.1. The first-order valence-corrected chi connectivity index (χ1v) is 9.36. The summed E-state index contributed by atoms with van der Waals surface area (Å²) in [6, 6.07) is 10.3. The third-order valence-electron chi connectivity index (χ3n) is 3.22. The fourth-order valence-corrected chi connectivity index (χ4v) is 4.07. The van der Waals surface area contributed by atoms with E-state index in [2.05, 4.69) is 20.0 Å². The van der Waals surface area contributed by atoms with Crippen molar-refractivity contribution in [3.05, 3.63) is 47.6 Å². The second-order valence-electron chi connectivity index (χ2n) is 4.94. The van der Waals surface area contributed by atoms with E-state index in [4.69, 9.17) is 0 Å². The highest BCUT2D eigenvalue weighted by Gasteiger charge is 2.12. The summed E-state index contributed by atoms with van der Waals surface area (Å²) in [6.45, 7) is 2.73. The van der Waals surface area contributed by atoms with Crippen molar-refractivity contribution in [2.24, 2.45) is 0 Å². The van der Waals surface area contributed by atoms with E-state index >= 15 is 0 Å². The molecule has 0 aliphatic rings. The molecule has 0 bridgehead atoms. The summed E-state index contributed by atoms with van der Waals surface area (Å²) in [5.74, 6) is 0.721. The number of aryl methyl sites for hydroxylation is 1. The van der Waals surface area contributed by atoms with Gasteiger partial charge in [-0.2, -0.15) is 0 Å². The van der Waals surface area contributed by atoms with Crippen molar-refractivity contribution in [1.29, 1.82) is 0 Å². The number of sulfonamides is 1. The second kappa shape index (κ2) is 6.61. The van der Waals surface area contributed by atoms with Crippen LogP contribution in [-0.4, -0.2) is 31.5 Å². The Morgan fingerprint density at radius 2 is 1.91 bits per heavy atom. The van der Waals surface area contributed by atoms with Crippen molar-refractivity contribution in [2.45, 2.75) is 11.8 Å². The number of aromatic nitrogens is 2. The number of rotatable bonds is 6. The van der Waals surface area contributed by atoms with Crippen LogP contribution in [0.4, 0.5) is 5.82 Å². The molecular formula is C15H16N4O2S2. The van der Waals surface area contributed by atoms with Crippen molar-refractivity contribution < 1.29 is 8.42 Å². The van der Waals surface area contributed by atoms with Gasteiger partial charge in [-0.15, -0.1) is 11.3 Å². The molecule has 2 aromatic heterocycles. The van der Waals surface area contributed by atoms with Gasteiger partial charge >= 0.3 is 0 Å². The number of nitrogens with zero attached hydrogens (tertiary/aromatic N) is 2. The molecule has 8 heteroatoms. The van der Waals surface area contributed by atoms with Crippen molar-refractivity contribution in [3.63, 3.8) is 0 Å². The van der Waals surface area contributed by atoms with Gasteiger partial charge in [0.05, 0.1) is 10.3 Å². The van der Waals surface area contributed by atoms with E-state index in [0.717, 1.165) is 20.9 Å². The van der Waals surface area contributed by atoms with Gasteiger partial charge in [0, 0.05) is 18.0 Å². The average Bonchev–Trinajstić information content (AvgIpc) is 2.93. The smallest absolute Gasteiger partial charge is 0.240 e. The SMILES string of the molecule is Cc1cc2c(NCCNS(=O)(=O)c3ccccc3)ncnc2s1. The monoisotopic (exact) mass is 348 g/mol. The molecule has 1 aromatic carbocycles. The van der Waals surface area contributed by atoms with Gasteiger partial charge in [0.1, 0.15) is 17.0 Å². The highest BCUT2D eigenvalue weighted by atomic mass is 32.2. The van der Waals surface area contributed by atoms with Gasteiger partial charge in [0.2, 0.25) is 10.0 Å². The Kier molecular flexibility index (Phi) is 4.56. The van der Waals surface area contributed by atoms with Crippen LogP contribution in [0.15, 0.2) is 47.6 Å². The van der Waals surface area contributed by atoms with E-state index in [0.29, 0.717) is 6.54 Å². The van der Waals surface area contributed by atoms with E-state index in [9.17, 15) is 8.42 Å². The summed E-state index contributed by atoms with van der Waals surface area (Å²) in [5.41, 5.74) is 0. The quantitative estimate of drug-likeness (QED) is 0.668. The molecule has 0 unspecified atom stereocenters. The molecule has 0 radical (unpaired) electrons. The average molecular weight is 348 g/mol. The number of hydrogen-bond acceptors (Lipinski definition) is 6. The minimum atomic E-state index is -3.47. The van der Waals surface area contributed by atoms with Crippen LogP contribution in [0.1, 0.15) is 4.88 Å². The van der Waals surface area contributed by atoms with E-state index in [1.165, 1.54) is 6.33 Å². The number of anilines is 1. The van der Waals surface area contributed by atoms with Gasteiger partial charge < -0.3 is 5.32 Å². The summed E-state index contributed by atoms with van der Waals surface area (Å²) in [7, 11) is -3.47. The molecule has 2 heterocycles. The third-order valence-corrected chi connectivity index (χ3v) is 5.65. The van der Waals surface area contributed by atoms with Crippen LogP contribution in [0.3, 0.4) is 0 Å². The van der Waals surface area contributed by atoms with Gasteiger partial charge in [0.15, 0.2) is 0 Å². The lowest BCUT2D eigenvalue weighted by Gasteiger charge is -2.08. The number of hydrogen-bond donors (Lipinski definition) is 2. The molecule has 0 atom stereocenters. The van der Waals surface area contributed by atoms with Crippen molar-refractivity contribution in [1.82, 2.24) is 14.7 Å². The van der Waals surface area contributed by atoms with Crippen LogP contribution >= 0.6 is 11.3 Å². The van der Waals surface area contributed by atoms with Gasteiger partial charge in [-0.05, 0) is 25.1 Å². The Balaban J connectivity index is 1.61. The predicted octanol–water partition coefficient (Wildman–Crippen LogP) is 2.39. The van der Waals surface area contributed by atoms with Crippen LogP contribution in [0.25, 0.3) is 10.2 Å². The molecule has 0 aliphatic heterocycles. The minimum Gasteiger partial charge on any atom is -0.368 e. The standard InChI is InChI=1S/C15H16N4O2S2/c1-11-9-13-14(17-10-18-15(13)22-11)16-7-8-19-23(20,21)12-5-3-2-4-6-12/h2-6,9-10,19H,7-8H2,1H3,(H,16,17,18). The minimum absolute atomic E-state index is 0.262. The molecule has 23 heavy (non-hydrogen) atoms. The molecule has 0 saturated carbocycles. The highest BCUT2D eigenvalue weighted by molar-refractivity contribution is 7.89. The van der Waals surface area contributed by atoms with Crippen LogP contribution in [-0.2, 0) is 10.0 Å². The first-order valence-electron chi connectivity index (χ1n) is 7.06. The molecule has 3 aromatic rings. The Bertz CT molecular complexity index is 908. The van der Waals surface area contributed by atoms with Gasteiger partial charge in [-0.25, -0.2) is 23.1 Å². The van der Waals surface area contributed by atoms with Crippen LogP contribution in [0.2, 0.25) is 0 Å². The van der Waals surface area contributed by atoms with Crippen LogP contribution in [0, 0.1) is 6.92 Å². The first-order chi connectivity index (χ1) is 11.1. The van der Waals surface area contributed by atoms with Crippen molar-refractivity contribution >= 4 is 37.4 Å². The second-order valence-corrected chi connectivity index (χ2v) is 7.94. The molecule has 0 amide bonds. The molecule has 2 N–H and O–H groups in total. The highest BCUT2D eigenvalue weighted by Crippen LogP contribution is 2.27. The predicted molar refractivity (Wildman–Crippen MR) is 92.3 cm³/mol. The lowest BCUT2D eigenvalue weighted by atomic mass is 10.3. The van der Waals surface area contributed by atoms with Gasteiger partial charge in [-0.1, -0.05) is 18.2 Å². The Labute approximate surface area is 138 Å². The molecular weight excluding hydrogens is 332 g/mol. The topological polar surface area (TPSA) is 84.0 Å². The number of nitrogens with one attached hydrogen (secondary N) is 2. The molecule has 0 saturated heterocycles. The summed E-state index contributed by atoms with van der Waals surface area (Å²) in [5, 5.41) is 4.11. The maximum absolute atomic E-state index is 12.1. The molecule has 6 nitrogen and oxygen atoms in total. The van der Waals surface area contributed by atoms with E-state index < -0.39 is 10.0 Å². The molecule has 0 aliphatic carbocycles. The number of thiophene rings is 1. The molecule has 0 fully saturated rings. The zero-order chi connectivity index (χ0) is 16.3. The fraction of sp³-hybridized carbons (Fsp3) is 0.200. The lowest BCUT2D eigenvalue weighted by Crippen LogP contribution is -2.29. The normalized spacial score (nSPS) is 11.7. The third kappa shape index (κ3) is 3.66. The van der Waals surface area contributed by atoms with Crippen LogP contribution in [0.5, 0.6) is 0 Å². The summed E-state index contributed by atoms with van der Waals surface area (Å²) < 4.78 is 26.8.